The standard InChI is InChI=1S/C14H21N3O4/c1-3-15-11-4-12(6-13(5-11)17(19)20)16-7-14(8-18)21-9-10(16)2/h4-6,10,14-15,18H,3,7-9H2,1-2H3. The van der Waals surface area contributed by atoms with E-state index in [1.807, 2.05) is 24.8 Å². The zero-order chi connectivity index (χ0) is 15.4. The Bertz CT molecular complexity index is 509. The number of aliphatic hydroxyl groups is 1. The Morgan fingerprint density at radius 2 is 2.29 bits per heavy atom. The number of anilines is 2. The third-order valence-corrected chi connectivity index (χ3v) is 3.54. The van der Waals surface area contributed by atoms with Crippen LogP contribution in [0.4, 0.5) is 17.1 Å². The summed E-state index contributed by atoms with van der Waals surface area (Å²) in [4.78, 5) is 12.7. The zero-order valence-electron chi connectivity index (χ0n) is 12.3. The largest absolute Gasteiger partial charge is 0.394 e. The molecule has 0 spiro atoms. The van der Waals surface area contributed by atoms with Crippen molar-refractivity contribution in [2.75, 3.05) is 36.5 Å². The van der Waals surface area contributed by atoms with Crippen molar-refractivity contribution in [3.05, 3.63) is 28.3 Å². The van der Waals surface area contributed by atoms with Crippen molar-refractivity contribution in [2.24, 2.45) is 0 Å². The van der Waals surface area contributed by atoms with E-state index in [4.69, 9.17) is 4.74 Å². The lowest BCUT2D eigenvalue weighted by Gasteiger charge is -2.39. The maximum atomic E-state index is 11.1. The van der Waals surface area contributed by atoms with Crippen LogP contribution in [0, 0.1) is 10.1 Å². The molecule has 1 fully saturated rings. The van der Waals surface area contributed by atoms with Gasteiger partial charge >= 0.3 is 0 Å². The van der Waals surface area contributed by atoms with E-state index in [2.05, 4.69) is 5.32 Å². The summed E-state index contributed by atoms with van der Waals surface area (Å²) in [7, 11) is 0. The molecule has 0 radical (unpaired) electrons. The maximum absolute atomic E-state index is 11.1. The molecule has 1 aromatic rings. The molecule has 116 valence electrons. The molecule has 0 aromatic heterocycles. The SMILES string of the molecule is CCNc1cc(N2CC(CO)OCC2C)cc([N+](=O)[O-])c1. The molecule has 7 nitrogen and oxygen atoms in total. The van der Waals surface area contributed by atoms with Gasteiger partial charge in [0.1, 0.15) is 0 Å². The molecule has 2 N–H and O–H groups in total. The number of hydrogen-bond acceptors (Lipinski definition) is 6. The van der Waals surface area contributed by atoms with Crippen LogP contribution in [0.25, 0.3) is 0 Å². The number of nitro groups is 1. The second-order valence-electron chi connectivity index (χ2n) is 5.16. The van der Waals surface area contributed by atoms with Crippen LogP contribution in [-0.2, 0) is 4.74 Å². The zero-order valence-corrected chi connectivity index (χ0v) is 12.3. The molecule has 1 saturated heterocycles. The predicted octanol–water partition coefficient (Wildman–Crippen LogP) is 1.61. The molecule has 1 aromatic carbocycles. The van der Waals surface area contributed by atoms with Crippen LogP contribution in [0.3, 0.4) is 0 Å². The second-order valence-corrected chi connectivity index (χ2v) is 5.16. The number of aliphatic hydroxyl groups excluding tert-OH is 1. The van der Waals surface area contributed by atoms with Crippen molar-refractivity contribution < 1.29 is 14.8 Å². The fourth-order valence-electron chi connectivity index (χ4n) is 2.46. The normalized spacial score (nSPS) is 22.1. The Morgan fingerprint density at radius 3 is 2.90 bits per heavy atom. The highest BCUT2D eigenvalue weighted by atomic mass is 16.6. The lowest BCUT2D eigenvalue weighted by atomic mass is 10.1. The minimum absolute atomic E-state index is 0.0573. The monoisotopic (exact) mass is 295 g/mol. The number of benzene rings is 1. The Balaban J connectivity index is 2.33. The number of nitro benzene ring substituents is 1. The van der Waals surface area contributed by atoms with Crippen LogP contribution >= 0.6 is 0 Å². The average Bonchev–Trinajstić information content (AvgIpc) is 2.47. The van der Waals surface area contributed by atoms with Crippen molar-refractivity contribution in [1.29, 1.82) is 0 Å². The fraction of sp³-hybridized carbons (Fsp3) is 0.571. The number of nitrogens with zero attached hydrogens (tertiary/aromatic N) is 2. The van der Waals surface area contributed by atoms with Crippen LogP contribution in [-0.4, -0.2) is 48.5 Å². The molecule has 7 heteroatoms. The van der Waals surface area contributed by atoms with E-state index in [1.165, 1.54) is 6.07 Å². The molecule has 2 atom stereocenters. The van der Waals surface area contributed by atoms with E-state index >= 15 is 0 Å². The summed E-state index contributed by atoms with van der Waals surface area (Å²) in [5.74, 6) is 0. The summed E-state index contributed by atoms with van der Waals surface area (Å²) in [6.45, 7) is 5.59. The molecule has 2 unspecified atom stereocenters. The summed E-state index contributed by atoms with van der Waals surface area (Å²) in [5, 5.41) is 23.5. The van der Waals surface area contributed by atoms with Crippen LogP contribution in [0.2, 0.25) is 0 Å². The van der Waals surface area contributed by atoms with E-state index in [1.54, 1.807) is 6.07 Å². The molecular formula is C14H21N3O4. The average molecular weight is 295 g/mol. The van der Waals surface area contributed by atoms with E-state index in [0.29, 0.717) is 19.7 Å². The number of rotatable bonds is 5. The maximum Gasteiger partial charge on any atom is 0.273 e. The molecule has 0 bridgehead atoms. The first kappa shape index (κ1) is 15.5. The molecule has 0 amide bonds. The molecule has 1 heterocycles. The molecule has 1 aliphatic heterocycles. The minimum Gasteiger partial charge on any atom is -0.394 e. The molecular weight excluding hydrogens is 274 g/mol. The third kappa shape index (κ3) is 3.62. The number of non-ortho nitro benzene ring substituents is 1. The van der Waals surface area contributed by atoms with Gasteiger partial charge in [-0.3, -0.25) is 10.1 Å². The Kier molecular flexibility index (Phi) is 4.98. The quantitative estimate of drug-likeness (QED) is 0.634. The minimum atomic E-state index is -0.390. The molecule has 0 aliphatic carbocycles. The summed E-state index contributed by atoms with van der Waals surface area (Å²) in [5.41, 5.74) is 1.55. The van der Waals surface area contributed by atoms with Crippen molar-refractivity contribution in [3.63, 3.8) is 0 Å². The molecule has 0 saturated carbocycles. The van der Waals surface area contributed by atoms with Gasteiger partial charge in [-0.05, 0) is 19.9 Å². The van der Waals surface area contributed by atoms with E-state index in [9.17, 15) is 15.2 Å². The van der Waals surface area contributed by atoms with Gasteiger partial charge in [-0.15, -0.1) is 0 Å². The van der Waals surface area contributed by atoms with Crippen molar-refractivity contribution >= 4 is 17.1 Å². The number of hydrogen-bond donors (Lipinski definition) is 2. The molecule has 2 rings (SSSR count). The first-order valence-electron chi connectivity index (χ1n) is 7.07. The first-order valence-corrected chi connectivity index (χ1v) is 7.07. The van der Waals surface area contributed by atoms with Gasteiger partial charge in [0.15, 0.2) is 0 Å². The van der Waals surface area contributed by atoms with Crippen molar-refractivity contribution in [1.82, 2.24) is 0 Å². The Labute approximate surface area is 123 Å². The molecule has 21 heavy (non-hydrogen) atoms. The summed E-state index contributed by atoms with van der Waals surface area (Å²) < 4.78 is 5.51. The van der Waals surface area contributed by atoms with Crippen molar-refractivity contribution in [3.8, 4) is 0 Å². The van der Waals surface area contributed by atoms with Crippen LogP contribution in [0.5, 0.6) is 0 Å². The third-order valence-electron chi connectivity index (χ3n) is 3.54. The van der Waals surface area contributed by atoms with Gasteiger partial charge in [-0.2, -0.15) is 0 Å². The van der Waals surface area contributed by atoms with Crippen LogP contribution in [0.1, 0.15) is 13.8 Å². The van der Waals surface area contributed by atoms with Gasteiger partial charge in [0.25, 0.3) is 5.69 Å². The highest BCUT2D eigenvalue weighted by Crippen LogP contribution is 2.30. The summed E-state index contributed by atoms with van der Waals surface area (Å²) >= 11 is 0. The lowest BCUT2D eigenvalue weighted by molar-refractivity contribution is -0.384. The molecule has 1 aliphatic rings. The van der Waals surface area contributed by atoms with Gasteiger partial charge in [-0.25, -0.2) is 0 Å². The van der Waals surface area contributed by atoms with E-state index < -0.39 is 0 Å². The van der Waals surface area contributed by atoms with Gasteiger partial charge in [0.2, 0.25) is 0 Å². The fourth-order valence-corrected chi connectivity index (χ4v) is 2.46. The smallest absolute Gasteiger partial charge is 0.273 e. The van der Waals surface area contributed by atoms with Gasteiger partial charge in [-0.1, -0.05) is 0 Å². The highest BCUT2D eigenvalue weighted by Gasteiger charge is 2.27. The predicted molar refractivity (Wildman–Crippen MR) is 80.9 cm³/mol. The van der Waals surface area contributed by atoms with E-state index in [-0.39, 0.29) is 29.4 Å². The van der Waals surface area contributed by atoms with Gasteiger partial charge in [0, 0.05) is 42.6 Å². The summed E-state index contributed by atoms with van der Waals surface area (Å²) in [6, 6.07) is 5.09. The second kappa shape index (κ2) is 6.73. The number of morpholine rings is 1. The van der Waals surface area contributed by atoms with E-state index in [0.717, 1.165) is 11.4 Å². The van der Waals surface area contributed by atoms with Gasteiger partial charge < -0.3 is 20.1 Å². The first-order chi connectivity index (χ1) is 10.0. The number of ether oxygens (including phenoxy) is 1. The Hall–Kier alpha value is -1.86. The van der Waals surface area contributed by atoms with Crippen LogP contribution < -0.4 is 10.2 Å². The highest BCUT2D eigenvalue weighted by molar-refractivity contribution is 5.65. The van der Waals surface area contributed by atoms with Crippen LogP contribution in [0.15, 0.2) is 18.2 Å². The topological polar surface area (TPSA) is 87.9 Å². The summed E-state index contributed by atoms with van der Waals surface area (Å²) in [6.07, 6.45) is -0.261. The lowest BCUT2D eigenvalue weighted by Crippen LogP contribution is -2.49. The number of nitrogens with one attached hydrogen (secondary N) is 1. The Morgan fingerprint density at radius 1 is 1.52 bits per heavy atom. The van der Waals surface area contributed by atoms with Crippen molar-refractivity contribution in [2.45, 2.75) is 26.0 Å². The van der Waals surface area contributed by atoms with Gasteiger partial charge in [0.05, 0.1) is 24.2 Å².